The molecule has 1 amide bonds. The Morgan fingerprint density at radius 1 is 1.21 bits per heavy atom. The van der Waals surface area contributed by atoms with Gasteiger partial charge in [-0.1, -0.05) is 12.1 Å². The molecule has 1 aromatic carbocycles. The average Bonchev–Trinajstić information content (AvgIpc) is 3.21. The highest BCUT2D eigenvalue weighted by Gasteiger charge is 2.24. The highest BCUT2D eigenvalue weighted by molar-refractivity contribution is 5.77. The Labute approximate surface area is 164 Å². The van der Waals surface area contributed by atoms with E-state index in [4.69, 9.17) is 4.74 Å². The lowest BCUT2D eigenvalue weighted by Crippen LogP contribution is -2.50. The Morgan fingerprint density at radius 3 is 2.82 bits per heavy atom. The van der Waals surface area contributed by atoms with Crippen molar-refractivity contribution >= 4 is 16.8 Å². The molecule has 2 aliphatic rings. The van der Waals surface area contributed by atoms with Gasteiger partial charge >= 0.3 is 0 Å². The number of benzene rings is 1. The van der Waals surface area contributed by atoms with Crippen LogP contribution in [0.4, 0.5) is 0 Å². The maximum absolute atomic E-state index is 12.5. The van der Waals surface area contributed by atoms with Gasteiger partial charge in [0.05, 0.1) is 17.0 Å². The standard InChI is InChI=1S/C21H28N4O3/c26-20(25-12-10-24(11-13-25)15-16-5-4-14-28-16)9-3-8-19-22-18-7-2-1-6-17(18)21(27)23-19/h1-2,6-7,16H,3-5,8-15H2,(H,22,23,27). The predicted molar refractivity (Wildman–Crippen MR) is 107 cm³/mol. The number of aromatic nitrogens is 2. The number of H-pyrrole nitrogens is 1. The minimum Gasteiger partial charge on any atom is -0.377 e. The first-order chi connectivity index (χ1) is 13.7. The largest absolute Gasteiger partial charge is 0.377 e. The van der Waals surface area contributed by atoms with Crippen LogP contribution >= 0.6 is 0 Å². The number of hydrogen-bond donors (Lipinski definition) is 1. The van der Waals surface area contributed by atoms with E-state index >= 15 is 0 Å². The number of fused-ring (bicyclic) bond motifs is 1. The highest BCUT2D eigenvalue weighted by Crippen LogP contribution is 2.15. The van der Waals surface area contributed by atoms with E-state index in [2.05, 4.69) is 14.9 Å². The SMILES string of the molecule is O=C(CCCc1nc2ccccc2c(=O)[nH]1)N1CCN(CC2CCCO2)CC1. The summed E-state index contributed by atoms with van der Waals surface area (Å²) in [7, 11) is 0. The second kappa shape index (κ2) is 8.84. The minimum atomic E-state index is -0.116. The van der Waals surface area contributed by atoms with E-state index in [1.54, 1.807) is 6.07 Å². The number of amides is 1. The van der Waals surface area contributed by atoms with Gasteiger partial charge in [-0.25, -0.2) is 4.98 Å². The Bertz CT molecular complexity index is 867. The molecule has 2 aromatic rings. The zero-order valence-electron chi connectivity index (χ0n) is 16.2. The molecule has 1 atom stereocenters. The molecule has 150 valence electrons. The maximum atomic E-state index is 12.5. The highest BCUT2D eigenvalue weighted by atomic mass is 16.5. The summed E-state index contributed by atoms with van der Waals surface area (Å²) in [6, 6.07) is 7.32. The Hall–Kier alpha value is -2.25. The Balaban J connectivity index is 1.22. The summed E-state index contributed by atoms with van der Waals surface area (Å²) in [6.45, 7) is 5.30. The van der Waals surface area contributed by atoms with Gasteiger partial charge in [0, 0.05) is 52.2 Å². The van der Waals surface area contributed by atoms with E-state index in [-0.39, 0.29) is 11.5 Å². The lowest BCUT2D eigenvalue weighted by atomic mass is 10.1. The third kappa shape index (κ3) is 4.59. The van der Waals surface area contributed by atoms with Crippen molar-refractivity contribution in [1.82, 2.24) is 19.8 Å². The van der Waals surface area contributed by atoms with Crippen LogP contribution in [0.1, 0.15) is 31.5 Å². The fourth-order valence-electron chi connectivity index (χ4n) is 4.07. The molecule has 4 rings (SSSR count). The van der Waals surface area contributed by atoms with Crippen molar-refractivity contribution in [1.29, 1.82) is 0 Å². The zero-order chi connectivity index (χ0) is 19.3. The summed E-state index contributed by atoms with van der Waals surface area (Å²) in [4.78, 5) is 36.3. The van der Waals surface area contributed by atoms with Gasteiger partial charge in [-0.3, -0.25) is 14.5 Å². The van der Waals surface area contributed by atoms with Crippen LogP contribution in [-0.2, 0) is 16.0 Å². The fraction of sp³-hybridized carbons (Fsp3) is 0.571. The summed E-state index contributed by atoms with van der Waals surface area (Å²) in [5.41, 5.74) is 0.587. The number of ether oxygens (including phenoxy) is 1. The van der Waals surface area contributed by atoms with Crippen LogP contribution in [0.3, 0.4) is 0 Å². The van der Waals surface area contributed by atoms with Gasteiger partial charge in [-0.05, 0) is 31.4 Å². The maximum Gasteiger partial charge on any atom is 0.258 e. The van der Waals surface area contributed by atoms with Crippen LogP contribution in [0.15, 0.2) is 29.1 Å². The molecule has 0 spiro atoms. The molecule has 2 saturated heterocycles. The number of carbonyl (C=O) groups is 1. The molecule has 2 aliphatic heterocycles. The lowest BCUT2D eigenvalue weighted by molar-refractivity contribution is -0.133. The summed E-state index contributed by atoms with van der Waals surface area (Å²) in [6.07, 6.45) is 4.48. The van der Waals surface area contributed by atoms with Gasteiger partial charge in [0.15, 0.2) is 0 Å². The molecule has 1 unspecified atom stereocenters. The van der Waals surface area contributed by atoms with Gasteiger partial charge in [0.25, 0.3) is 5.56 Å². The number of piperazine rings is 1. The molecule has 0 radical (unpaired) electrons. The van der Waals surface area contributed by atoms with Crippen molar-refractivity contribution in [3.63, 3.8) is 0 Å². The van der Waals surface area contributed by atoms with Gasteiger partial charge < -0.3 is 14.6 Å². The molecule has 28 heavy (non-hydrogen) atoms. The number of nitrogens with one attached hydrogen (secondary N) is 1. The summed E-state index contributed by atoms with van der Waals surface area (Å²) >= 11 is 0. The molecule has 7 heteroatoms. The second-order valence-electron chi connectivity index (χ2n) is 7.70. The monoisotopic (exact) mass is 384 g/mol. The molecular formula is C21H28N4O3. The first kappa shape index (κ1) is 19.1. The van der Waals surface area contributed by atoms with Gasteiger partial charge in [0.1, 0.15) is 5.82 Å². The summed E-state index contributed by atoms with van der Waals surface area (Å²) in [5.74, 6) is 0.845. The first-order valence-corrected chi connectivity index (χ1v) is 10.3. The van der Waals surface area contributed by atoms with E-state index in [1.165, 1.54) is 6.42 Å². The number of hydrogen-bond acceptors (Lipinski definition) is 5. The van der Waals surface area contributed by atoms with Crippen molar-refractivity contribution in [2.45, 2.75) is 38.2 Å². The third-order valence-corrected chi connectivity index (χ3v) is 5.68. The van der Waals surface area contributed by atoms with Crippen LogP contribution < -0.4 is 5.56 Å². The molecule has 0 aliphatic carbocycles. The number of rotatable bonds is 6. The van der Waals surface area contributed by atoms with Crippen molar-refractivity contribution < 1.29 is 9.53 Å². The normalized spacial score (nSPS) is 20.7. The second-order valence-corrected chi connectivity index (χ2v) is 7.70. The number of aromatic amines is 1. The Morgan fingerprint density at radius 2 is 2.04 bits per heavy atom. The van der Waals surface area contributed by atoms with Crippen LogP contribution in [0, 0.1) is 0 Å². The van der Waals surface area contributed by atoms with Crippen molar-refractivity contribution in [2.24, 2.45) is 0 Å². The quantitative estimate of drug-likeness (QED) is 0.818. The lowest BCUT2D eigenvalue weighted by Gasteiger charge is -2.35. The first-order valence-electron chi connectivity index (χ1n) is 10.3. The molecule has 7 nitrogen and oxygen atoms in total. The number of nitrogens with zero attached hydrogens (tertiary/aromatic N) is 3. The van der Waals surface area contributed by atoms with Crippen LogP contribution in [-0.4, -0.2) is 71.1 Å². The van der Waals surface area contributed by atoms with Gasteiger partial charge in [0.2, 0.25) is 5.91 Å². The van der Waals surface area contributed by atoms with E-state index in [9.17, 15) is 9.59 Å². The third-order valence-electron chi connectivity index (χ3n) is 5.68. The van der Waals surface area contributed by atoms with Crippen molar-refractivity contribution in [3.8, 4) is 0 Å². The fourth-order valence-corrected chi connectivity index (χ4v) is 4.07. The van der Waals surface area contributed by atoms with Gasteiger partial charge in [-0.2, -0.15) is 0 Å². The molecule has 0 bridgehead atoms. The molecule has 0 saturated carbocycles. The molecule has 1 aromatic heterocycles. The van der Waals surface area contributed by atoms with Crippen LogP contribution in [0.25, 0.3) is 10.9 Å². The van der Waals surface area contributed by atoms with E-state index < -0.39 is 0 Å². The van der Waals surface area contributed by atoms with Crippen molar-refractivity contribution in [2.75, 3.05) is 39.3 Å². The number of carbonyl (C=O) groups excluding carboxylic acids is 1. The molecule has 1 N–H and O–H groups in total. The van der Waals surface area contributed by atoms with Crippen LogP contribution in [0.5, 0.6) is 0 Å². The molecule has 3 heterocycles. The topological polar surface area (TPSA) is 78.5 Å². The van der Waals surface area contributed by atoms with E-state index in [0.717, 1.165) is 45.8 Å². The summed E-state index contributed by atoms with van der Waals surface area (Å²) in [5, 5.41) is 0.600. The van der Waals surface area contributed by atoms with Crippen LogP contribution in [0.2, 0.25) is 0 Å². The van der Waals surface area contributed by atoms with Crippen molar-refractivity contribution in [3.05, 3.63) is 40.4 Å². The van der Waals surface area contributed by atoms with Gasteiger partial charge in [-0.15, -0.1) is 0 Å². The zero-order valence-corrected chi connectivity index (χ0v) is 16.2. The average molecular weight is 384 g/mol. The predicted octanol–water partition coefficient (Wildman–Crippen LogP) is 1.57. The molecular weight excluding hydrogens is 356 g/mol. The minimum absolute atomic E-state index is 0.116. The Kier molecular flexibility index (Phi) is 6.02. The smallest absolute Gasteiger partial charge is 0.258 e. The number of aryl methyl sites for hydroxylation is 1. The summed E-state index contributed by atoms with van der Waals surface area (Å²) < 4.78 is 5.71. The molecule has 2 fully saturated rings. The van der Waals surface area contributed by atoms with E-state index in [1.807, 2.05) is 23.1 Å². The van der Waals surface area contributed by atoms with E-state index in [0.29, 0.717) is 42.1 Å². The number of para-hydroxylation sites is 1.